The van der Waals surface area contributed by atoms with Crippen molar-refractivity contribution in [2.75, 3.05) is 12.0 Å². The van der Waals surface area contributed by atoms with Crippen molar-refractivity contribution in [2.24, 2.45) is 0 Å². The Morgan fingerprint density at radius 3 is 2.59 bits per heavy atom. The molecule has 0 fully saturated rings. The topological polar surface area (TPSA) is 59.3 Å². The van der Waals surface area contributed by atoms with Gasteiger partial charge in [0.1, 0.15) is 0 Å². The summed E-state index contributed by atoms with van der Waals surface area (Å²) in [4.78, 5) is 13.3. The quantitative estimate of drug-likeness (QED) is 0.490. The van der Waals surface area contributed by atoms with Gasteiger partial charge in [-0.15, -0.1) is 10.2 Å². The standard InChI is InChI=1S/C23H22N4OS/c1-29-16-14-20(22-26-25-21-13-7-8-15-27(21)22)24-23(28)19-12-6-5-11-18(19)17-9-3-2-4-10-17/h2-13,15,20H,14,16H2,1H3,(H,24,28)/t20-/m1/s1. The summed E-state index contributed by atoms with van der Waals surface area (Å²) in [5, 5.41) is 11.8. The Balaban J connectivity index is 1.66. The smallest absolute Gasteiger partial charge is 0.252 e. The average Bonchev–Trinajstić information content (AvgIpc) is 3.21. The van der Waals surface area contributed by atoms with Crippen molar-refractivity contribution in [1.29, 1.82) is 0 Å². The number of hydrogen-bond donors (Lipinski definition) is 1. The highest BCUT2D eigenvalue weighted by molar-refractivity contribution is 7.98. The summed E-state index contributed by atoms with van der Waals surface area (Å²) in [5.41, 5.74) is 3.37. The summed E-state index contributed by atoms with van der Waals surface area (Å²) < 4.78 is 1.94. The van der Waals surface area contributed by atoms with E-state index in [0.29, 0.717) is 5.56 Å². The summed E-state index contributed by atoms with van der Waals surface area (Å²) in [7, 11) is 0. The Kier molecular flexibility index (Phi) is 5.91. The first kappa shape index (κ1) is 19.2. The van der Waals surface area contributed by atoms with E-state index in [9.17, 15) is 4.79 Å². The van der Waals surface area contributed by atoms with Gasteiger partial charge in [-0.1, -0.05) is 54.6 Å². The van der Waals surface area contributed by atoms with Crippen molar-refractivity contribution in [3.05, 3.63) is 90.4 Å². The fourth-order valence-corrected chi connectivity index (χ4v) is 3.86. The number of aromatic nitrogens is 3. The third-order valence-corrected chi connectivity index (χ3v) is 5.47. The van der Waals surface area contributed by atoms with Crippen molar-refractivity contribution >= 4 is 23.3 Å². The maximum absolute atomic E-state index is 13.3. The lowest BCUT2D eigenvalue weighted by molar-refractivity contribution is 0.0934. The van der Waals surface area contributed by atoms with Crippen molar-refractivity contribution in [1.82, 2.24) is 19.9 Å². The van der Waals surface area contributed by atoms with Crippen LogP contribution in [0.4, 0.5) is 0 Å². The molecule has 0 bridgehead atoms. The molecule has 0 spiro atoms. The van der Waals surface area contributed by atoms with Gasteiger partial charge in [0.2, 0.25) is 0 Å². The lowest BCUT2D eigenvalue weighted by atomic mass is 9.99. The molecule has 0 saturated heterocycles. The van der Waals surface area contributed by atoms with Crippen molar-refractivity contribution in [3.63, 3.8) is 0 Å². The molecule has 2 aromatic carbocycles. The zero-order valence-electron chi connectivity index (χ0n) is 16.2. The number of pyridine rings is 1. The predicted octanol–water partition coefficient (Wildman–Crippen LogP) is 4.62. The van der Waals surface area contributed by atoms with Crippen molar-refractivity contribution in [2.45, 2.75) is 12.5 Å². The Bertz CT molecular complexity index is 1110. The number of hydrogen-bond acceptors (Lipinski definition) is 4. The molecule has 29 heavy (non-hydrogen) atoms. The molecule has 0 saturated carbocycles. The zero-order chi connectivity index (χ0) is 20.1. The second-order valence-corrected chi connectivity index (χ2v) is 7.69. The number of rotatable bonds is 7. The predicted molar refractivity (Wildman–Crippen MR) is 118 cm³/mol. The third-order valence-electron chi connectivity index (χ3n) is 4.82. The molecule has 2 heterocycles. The van der Waals surface area contributed by atoms with Crippen LogP contribution >= 0.6 is 11.8 Å². The van der Waals surface area contributed by atoms with E-state index in [1.165, 1.54) is 0 Å². The highest BCUT2D eigenvalue weighted by atomic mass is 32.2. The summed E-state index contributed by atoms with van der Waals surface area (Å²) in [6.07, 6.45) is 4.77. The molecule has 0 aliphatic rings. The van der Waals surface area contributed by atoms with Crippen LogP contribution in [0.5, 0.6) is 0 Å². The Hall–Kier alpha value is -3.12. The lowest BCUT2D eigenvalue weighted by Gasteiger charge is -2.18. The maximum atomic E-state index is 13.3. The van der Waals surface area contributed by atoms with Crippen LogP contribution in [0.2, 0.25) is 0 Å². The number of carbonyl (C=O) groups is 1. The highest BCUT2D eigenvalue weighted by Gasteiger charge is 2.22. The molecule has 4 rings (SSSR count). The molecule has 0 aliphatic carbocycles. The number of nitrogens with zero attached hydrogens (tertiary/aromatic N) is 3. The second-order valence-electron chi connectivity index (χ2n) is 6.71. The van der Waals surface area contributed by atoms with Gasteiger partial charge in [0.25, 0.3) is 5.91 Å². The number of nitrogens with one attached hydrogen (secondary N) is 1. The largest absolute Gasteiger partial charge is 0.342 e. The van der Waals surface area contributed by atoms with Gasteiger partial charge in [-0.25, -0.2) is 0 Å². The first-order valence-corrected chi connectivity index (χ1v) is 10.9. The van der Waals surface area contributed by atoms with Crippen LogP contribution in [-0.4, -0.2) is 32.5 Å². The molecule has 6 heteroatoms. The van der Waals surface area contributed by atoms with E-state index in [-0.39, 0.29) is 11.9 Å². The minimum atomic E-state index is -0.226. The third kappa shape index (κ3) is 4.17. The summed E-state index contributed by atoms with van der Waals surface area (Å²) >= 11 is 1.75. The summed E-state index contributed by atoms with van der Waals surface area (Å²) in [6, 6.07) is 23.2. The van der Waals surface area contributed by atoms with Crippen molar-refractivity contribution in [3.8, 4) is 11.1 Å². The van der Waals surface area contributed by atoms with E-state index in [1.807, 2.05) is 83.4 Å². The molecule has 0 radical (unpaired) electrons. The first-order chi connectivity index (χ1) is 14.3. The van der Waals surface area contributed by atoms with Crippen molar-refractivity contribution < 1.29 is 4.79 Å². The van der Waals surface area contributed by atoms with Gasteiger partial charge in [0, 0.05) is 11.8 Å². The minimum Gasteiger partial charge on any atom is -0.342 e. The van der Waals surface area contributed by atoms with Crippen LogP contribution in [0.1, 0.15) is 28.6 Å². The summed E-state index contributed by atoms with van der Waals surface area (Å²) in [5.74, 6) is 1.55. The van der Waals surface area contributed by atoms with Crippen LogP contribution in [-0.2, 0) is 0 Å². The molecule has 1 atom stereocenters. The van der Waals surface area contributed by atoms with Crippen LogP contribution in [0, 0.1) is 0 Å². The highest BCUT2D eigenvalue weighted by Crippen LogP contribution is 2.25. The lowest BCUT2D eigenvalue weighted by Crippen LogP contribution is -2.30. The van der Waals surface area contributed by atoms with Gasteiger partial charge in [0.05, 0.1) is 6.04 Å². The molecule has 1 amide bonds. The van der Waals surface area contributed by atoms with E-state index in [4.69, 9.17) is 0 Å². The van der Waals surface area contributed by atoms with E-state index in [2.05, 4.69) is 21.8 Å². The molecule has 2 aromatic heterocycles. The minimum absolute atomic E-state index is 0.108. The Morgan fingerprint density at radius 1 is 1.00 bits per heavy atom. The number of carbonyl (C=O) groups excluding carboxylic acids is 1. The fraction of sp³-hybridized carbons (Fsp3) is 0.174. The Morgan fingerprint density at radius 2 is 1.76 bits per heavy atom. The molecular formula is C23H22N4OS. The summed E-state index contributed by atoms with van der Waals surface area (Å²) in [6.45, 7) is 0. The monoisotopic (exact) mass is 402 g/mol. The van der Waals surface area contributed by atoms with Crippen LogP contribution in [0.15, 0.2) is 79.0 Å². The van der Waals surface area contributed by atoms with Gasteiger partial charge in [-0.05, 0) is 47.8 Å². The molecule has 0 unspecified atom stereocenters. The first-order valence-electron chi connectivity index (χ1n) is 9.52. The molecule has 1 N–H and O–H groups in total. The van der Waals surface area contributed by atoms with E-state index in [0.717, 1.165) is 34.8 Å². The Labute approximate surface area is 174 Å². The number of thioether (sulfide) groups is 1. The van der Waals surface area contributed by atoms with Gasteiger partial charge in [-0.3, -0.25) is 9.20 Å². The van der Waals surface area contributed by atoms with E-state index in [1.54, 1.807) is 11.8 Å². The molecule has 4 aromatic rings. The van der Waals surface area contributed by atoms with E-state index < -0.39 is 0 Å². The molecule has 146 valence electrons. The van der Waals surface area contributed by atoms with Crippen LogP contribution in [0.3, 0.4) is 0 Å². The normalized spacial score (nSPS) is 12.0. The zero-order valence-corrected chi connectivity index (χ0v) is 17.0. The molecular weight excluding hydrogens is 380 g/mol. The molecule has 5 nitrogen and oxygen atoms in total. The molecule has 0 aliphatic heterocycles. The van der Waals surface area contributed by atoms with Gasteiger partial charge < -0.3 is 5.32 Å². The SMILES string of the molecule is CSCC[C@@H](NC(=O)c1ccccc1-c1ccccc1)c1nnc2ccccn12. The fourth-order valence-electron chi connectivity index (χ4n) is 3.39. The maximum Gasteiger partial charge on any atom is 0.252 e. The second kappa shape index (κ2) is 8.92. The number of benzene rings is 2. The van der Waals surface area contributed by atoms with E-state index >= 15 is 0 Å². The van der Waals surface area contributed by atoms with Gasteiger partial charge in [0.15, 0.2) is 11.5 Å². The number of fused-ring (bicyclic) bond motifs is 1. The van der Waals surface area contributed by atoms with Gasteiger partial charge >= 0.3 is 0 Å². The van der Waals surface area contributed by atoms with Crippen LogP contribution in [0.25, 0.3) is 16.8 Å². The van der Waals surface area contributed by atoms with Crippen LogP contribution < -0.4 is 5.32 Å². The average molecular weight is 403 g/mol. The van der Waals surface area contributed by atoms with Gasteiger partial charge in [-0.2, -0.15) is 11.8 Å². The number of amides is 1.